The molecule has 1 amide bonds. The van der Waals surface area contributed by atoms with Crippen molar-refractivity contribution >= 4 is 5.91 Å². The molecule has 16 heavy (non-hydrogen) atoms. The molecule has 94 valence electrons. The third-order valence-corrected chi connectivity index (χ3v) is 3.37. The van der Waals surface area contributed by atoms with Gasteiger partial charge in [0.05, 0.1) is 12.6 Å². The predicted octanol–water partition coefficient (Wildman–Crippen LogP) is 0.855. The normalized spacial score (nSPS) is 25.8. The maximum atomic E-state index is 11.8. The van der Waals surface area contributed by atoms with E-state index in [0.717, 1.165) is 26.3 Å². The molecule has 4 nitrogen and oxygen atoms in total. The van der Waals surface area contributed by atoms with Gasteiger partial charge < -0.3 is 15.4 Å². The van der Waals surface area contributed by atoms with E-state index in [1.165, 1.54) is 0 Å². The Morgan fingerprint density at radius 2 is 2.25 bits per heavy atom. The Morgan fingerprint density at radius 1 is 1.62 bits per heavy atom. The smallest absolute Gasteiger partial charge is 0.239 e. The van der Waals surface area contributed by atoms with E-state index in [0.29, 0.717) is 5.92 Å². The van der Waals surface area contributed by atoms with Crippen molar-refractivity contribution in [3.8, 4) is 0 Å². The standard InChI is InChI=1S/C12H24N2O2/c1-5-16-7-10-6-14(8-12(10,3)4)11(15)9(2)13/h9-10H,5-8,13H2,1-4H3. The molecule has 0 aromatic heterocycles. The molecule has 2 unspecified atom stereocenters. The van der Waals surface area contributed by atoms with Crippen LogP contribution in [0.4, 0.5) is 0 Å². The van der Waals surface area contributed by atoms with Gasteiger partial charge in [-0.1, -0.05) is 13.8 Å². The molecule has 1 rings (SSSR count). The van der Waals surface area contributed by atoms with E-state index in [2.05, 4.69) is 13.8 Å². The van der Waals surface area contributed by atoms with E-state index in [4.69, 9.17) is 10.5 Å². The topological polar surface area (TPSA) is 55.6 Å². The van der Waals surface area contributed by atoms with Gasteiger partial charge in [-0.15, -0.1) is 0 Å². The summed E-state index contributed by atoms with van der Waals surface area (Å²) < 4.78 is 5.47. The third-order valence-electron chi connectivity index (χ3n) is 3.37. The van der Waals surface area contributed by atoms with Gasteiger partial charge in [0.25, 0.3) is 0 Å². The quantitative estimate of drug-likeness (QED) is 0.776. The molecule has 1 saturated heterocycles. The minimum Gasteiger partial charge on any atom is -0.381 e. The van der Waals surface area contributed by atoms with Gasteiger partial charge in [-0.3, -0.25) is 4.79 Å². The van der Waals surface area contributed by atoms with Crippen LogP contribution in [0.15, 0.2) is 0 Å². The number of rotatable bonds is 4. The van der Waals surface area contributed by atoms with Crippen molar-refractivity contribution in [2.24, 2.45) is 17.1 Å². The highest BCUT2D eigenvalue weighted by Gasteiger charge is 2.41. The number of nitrogens with two attached hydrogens (primary N) is 1. The molecule has 0 radical (unpaired) electrons. The molecule has 0 spiro atoms. The maximum absolute atomic E-state index is 11.8. The second-order valence-electron chi connectivity index (χ2n) is 5.35. The van der Waals surface area contributed by atoms with Crippen LogP contribution in [-0.2, 0) is 9.53 Å². The SMILES string of the molecule is CCOCC1CN(C(=O)C(C)N)CC1(C)C. The summed E-state index contributed by atoms with van der Waals surface area (Å²) in [7, 11) is 0. The van der Waals surface area contributed by atoms with Crippen LogP contribution in [0.5, 0.6) is 0 Å². The van der Waals surface area contributed by atoms with Crippen molar-refractivity contribution in [2.45, 2.75) is 33.7 Å². The molecule has 1 aliphatic heterocycles. The molecule has 0 aromatic rings. The van der Waals surface area contributed by atoms with E-state index in [9.17, 15) is 4.79 Å². The van der Waals surface area contributed by atoms with Crippen LogP contribution in [0.1, 0.15) is 27.7 Å². The zero-order valence-corrected chi connectivity index (χ0v) is 10.8. The Bertz CT molecular complexity index is 251. The molecule has 1 aliphatic rings. The van der Waals surface area contributed by atoms with Crippen molar-refractivity contribution in [1.82, 2.24) is 4.90 Å². The lowest BCUT2D eigenvalue weighted by molar-refractivity contribution is -0.131. The molecule has 0 aliphatic carbocycles. The highest BCUT2D eigenvalue weighted by atomic mass is 16.5. The summed E-state index contributed by atoms with van der Waals surface area (Å²) in [5.74, 6) is 0.460. The van der Waals surface area contributed by atoms with E-state index >= 15 is 0 Å². The Kier molecular flexibility index (Phi) is 4.33. The molecule has 0 saturated carbocycles. The van der Waals surface area contributed by atoms with Crippen LogP contribution in [0.2, 0.25) is 0 Å². The third kappa shape index (κ3) is 2.95. The number of carbonyl (C=O) groups excluding carboxylic acids is 1. The number of hydrogen-bond donors (Lipinski definition) is 1. The Morgan fingerprint density at radius 3 is 2.75 bits per heavy atom. The largest absolute Gasteiger partial charge is 0.381 e. The minimum atomic E-state index is -0.401. The molecule has 0 aromatic carbocycles. The first-order valence-corrected chi connectivity index (χ1v) is 6.00. The van der Waals surface area contributed by atoms with Crippen LogP contribution >= 0.6 is 0 Å². The zero-order valence-electron chi connectivity index (χ0n) is 10.8. The summed E-state index contributed by atoms with van der Waals surface area (Å²) in [6, 6.07) is -0.401. The molecule has 1 heterocycles. The number of nitrogens with zero attached hydrogens (tertiary/aromatic N) is 1. The monoisotopic (exact) mass is 228 g/mol. The molecular weight excluding hydrogens is 204 g/mol. The van der Waals surface area contributed by atoms with Gasteiger partial charge >= 0.3 is 0 Å². The first-order chi connectivity index (χ1) is 7.38. The van der Waals surface area contributed by atoms with Crippen molar-refractivity contribution in [1.29, 1.82) is 0 Å². The molecule has 2 N–H and O–H groups in total. The van der Waals surface area contributed by atoms with Gasteiger partial charge in [0, 0.05) is 25.6 Å². The minimum absolute atomic E-state index is 0.0482. The number of ether oxygens (including phenoxy) is 1. The molecule has 0 bridgehead atoms. The van der Waals surface area contributed by atoms with Crippen molar-refractivity contribution in [3.63, 3.8) is 0 Å². The van der Waals surface area contributed by atoms with E-state index in [-0.39, 0.29) is 11.3 Å². The van der Waals surface area contributed by atoms with Gasteiger partial charge in [-0.05, 0) is 19.3 Å². The van der Waals surface area contributed by atoms with E-state index in [1.807, 2.05) is 11.8 Å². The van der Waals surface area contributed by atoms with Gasteiger partial charge in [0.15, 0.2) is 0 Å². The summed E-state index contributed by atoms with van der Waals surface area (Å²) in [5.41, 5.74) is 5.75. The fourth-order valence-corrected chi connectivity index (χ4v) is 2.19. The van der Waals surface area contributed by atoms with Crippen LogP contribution in [-0.4, -0.2) is 43.2 Å². The fraction of sp³-hybridized carbons (Fsp3) is 0.917. The van der Waals surface area contributed by atoms with Crippen LogP contribution in [0, 0.1) is 11.3 Å². The first-order valence-electron chi connectivity index (χ1n) is 6.00. The molecular formula is C12H24N2O2. The highest BCUT2D eigenvalue weighted by Crippen LogP contribution is 2.35. The van der Waals surface area contributed by atoms with Crippen molar-refractivity contribution < 1.29 is 9.53 Å². The summed E-state index contributed by atoms with van der Waals surface area (Å²) in [6.45, 7) is 11.1. The number of carbonyl (C=O) groups is 1. The summed E-state index contributed by atoms with van der Waals surface area (Å²) in [5, 5.41) is 0. The molecule has 4 heteroatoms. The lowest BCUT2D eigenvalue weighted by Crippen LogP contribution is -2.41. The fourth-order valence-electron chi connectivity index (χ4n) is 2.19. The van der Waals surface area contributed by atoms with Crippen LogP contribution in [0.3, 0.4) is 0 Å². The van der Waals surface area contributed by atoms with Gasteiger partial charge in [0.2, 0.25) is 5.91 Å². The zero-order chi connectivity index (χ0) is 12.3. The summed E-state index contributed by atoms with van der Waals surface area (Å²) in [6.07, 6.45) is 0. The first kappa shape index (κ1) is 13.5. The average molecular weight is 228 g/mol. The maximum Gasteiger partial charge on any atom is 0.239 e. The second kappa shape index (κ2) is 5.15. The lowest BCUT2D eigenvalue weighted by Gasteiger charge is -2.24. The number of amides is 1. The predicted molar refractivity (Wildman–Crippen MR) is 64.0 cm³/mol. The van der Waals surface area contributed by atoms with Crippen LogP contribution in [0.25, 0.3) is 0 Å². The summed E-state index contributed by atoms with van der Waals surface area (Å²) in [4.78, 5) is 13.7. The molecule has 1 fully saturated rings. The number of hydrogen-bond acceptors (Lipinski definition) is 3. The Labute approximate surface area is 98.1 Å². The molecule has 2 atom stereocenters. The van der Waals surface area contributed by atoms with Gasteiger partial charge in [-0.2, -0.15) is 0 Å². The van der Waals surface area contributed by atoms with Crippen molar-refractivity contribution in [3.05, 3.63) is 0 Å². The van der Waals surface area contributed by atoms with E-state index in [1.54, 1.807) is 6.92 Å². The summed E-state index contributed by atoms with van der Waals surface area (Å²) >= 11 is 0. The lowest BCUT2D eigenvalue weighted by atomic mass is 9.83. The van der Waals surface area contributed by atoms with Gasteiger partial charge in [0.1, 0.15) is 0 Å². The van der Waals surface area contributed by atoms with E-state index < -0.39 is 6.04 Å². The second-order valence-corrected chi connectivity index (χ2v) is 5.35. The van der Waals surface area contributed by atoms with Crippen molar-refractivity contribution in [2.75, 3.05) is 26.3 Å². The highest BCUT2D eigenvalue weighted by molar-refractivity contribution is 5.81. The Balaban J connectivity index is 2.60. The van der Waals surface area contributed by atoms with Crippen LogP contribution < -0.4 is 5.73 Å². The average Bonchev–Trinajstić information content (AvgIpc) is 2.49. The Hall–Kier alpha value is -0.610. The van der Waals surface area contributed by atoms with Gasteiger partial charge in [-0.25, -0.2) is 0 Å². The number of likely N-dealkylation sites (tertiary alicyclic amines) is 1.